The van der Waals surface area contributed by atoms with Crippen LogP contribution in [-0.2, 0) is 13.0 Å². The zero-order valence-corrected chi connectivity index (χ0v) is 10.9. The first-order valence-corrected chi connectivity index (χ1v) is 6.59. The highest BCUT2D eigenvalue weighted by atomic mass is 79.9. The average Bonchev–Trinajstić information content (AvgIpc) is 2.69. The Morgan fingerprint density at radius 2 is 1.94 bits per heavy atom. The fraction of sp³-hybridized carbons (Fsp3) is 0.308. The van der Waals surface area contributed by atoms with Crippen LogP contribution in [0.15, 0.2) is 28.9 Å². The van der Waals surface area contributed by atoms with Crippen LogP contribution in [0.3, 0.4) is 0 Å². The third-order valence-electron chi connectivity index (χ3n) is 3.19. The van der Waals surface area contributed by atoms with E-state index in [0.29, 0.717) is 5.75 Å². The molecule has 88 valence electrons. The third-order valence-corrected chi connectivity index (χ3v) is 3.83. The number of hydrogen-bond donors (Lipinski definition) is 1. The molecule has 1 aromatic heterocycles. The molecule has 0 amide bonds. The summed E-state index contributed by atoms with van der Waals surface area (Å²) in [6.45, 7) is 1.03. The standard InChI is InChI=1S/C13H13BrN2O/c14-12-11-3-1-2-8-16(11)13(15-12)9-4-6-10(17)7-5-9/h4-7,17H,1-3,8H2. The maximum absolute atomic E-state index is 9.31. The minimum absolute atomic E-state index is 0.290. The Bertz CT molecular complexity index is 545. The second-order valence-corrected chi connectivity index (χ2v) is 5.08. The molecule has 0 saturated heterocycles. The molecule has 0 unspecified atom stereocenters. The van der Waals surface area contributed by atoms with Gasteiger partial charge in [0.1, 0.15) is 16.2 Å². The SMILES string of the molecule is Oc1ccc(-c2nc(Br)c3n2CCCC3)cc1. The highest BCUT2D eigenvalue weighted by molar-refractivity contribution is 9.10. The molecule has 0 atom stereocenters. The number of phenols is 1. The fourth-order valence-electron chi connectivity index (χ4n) is 2.33. The summed E-state index contributed by atoms with van der Waals surface area (Å²) in [7, 11) is 0. The van der Waals surface area contributed by atoms with Gasteiger partial charge in [-0.2, -0.15) is 0 Å². The molecule has 0 saturated carbocycles. The van der Waals surface area contributed by atoms with Crippen LogP contribution in [0.2, 0.25) is 0 Å². The van der Waals surface area contributed by atoms with Crippen molar-refractivity contribution in [1.29, 1.82) is 0 Å². The predicted molar refractivity (Wildman–Crippen MR) is 70.0 cm³/mol. The van der Waals surface area contributed by atoms with Crippen LogP contribution < -0.4 is 0 Å². The largest absolute Gasteiger partial charge is 0.508 e. The molecule has 4 heteroatoms. The normalized spacial score (nSPS) is 14.6. The molecule has 3 rings (SSSR count). The maximum atomic E-state index is 9.31. The lowest BCUT2D eigenvalue weighted by Gasteiger charge is -2.16. The van der Waals surface area contributed by atoms with E-state index in [1.165, 1.54) is 18.5 Å². The second kappa shape index (κ2) is 4.18. The number of hydrogen-bond acceptors (Lipinski definition) is 2. The summed E-state index contributed by atoms with van der Waals surface area (Å²) < 4.78 is 3.24. The van der Waals surface area contributed by atoms with E-state index < -0.39 is 0 Å². The average molecular weight is 293 g/mol. The van der Waals surface area contributed by atoms with Gasteiger partial charge < -0.3 is 9.67 Å². The van der Waals surface area contributed by atoms with Crippen molar-refractivity contribution in [3.63, 3.8) is 0 Å². The number of nitrogens with zero attached hydrogens (tertiary/aromatic N) is 2. The van der Waals surface area contributed by atoms with E-state index in [-0.39, 0.29) is 0 Å². The molecular formula is C13H13BrN2O. The molecule has 2 aromatic rings. The molecule has 1 aromatic carbocycles. The molecule has 1 N–H and O–H groups in total. The van der Waals surface area contributed by atoms with Crippen LogP contribution in [0, 0.1) is 0 Å². The Labute approximate surface area is 108 Å². The summed E-state index contributed by atoms with van der Waals surface area (Å²) in [6, 6.07) is 7.22. The molecule has 0 fully saturated rings. The van der Waals surface area contributed by atoms with E-state index in [9.17, 15) is 5.11 Å². The molecule has 17 heavy (non-hydrogen) atoms. The van der Waals surface area contributed by atoms with Crippen molar-refractivity contribution in [1.82, 2.24) is 9.55 Å². The van der Waals surface area contributed by atoms with E-state index >= 15 is 0 Å². The number of rotatable bonds is 1. The van der Waals surface area contributed by atoms with Crippen molar-refractivity contribution in [3.8, 4) is 17.1 Å². The van der Waals surface area contributed by atoms with Gasteiger partial charge in [0.15, 0.2) is 0 Å². The van der Waals surface area contributed by atoms with Gasteiger partial charge >= 0.3 is 0 Å². The van der Waals surface area contributed by atoms with Gasteiger partial charge in [0.25, 0.3) is 0 Å². The molecule has 1 aliphatic rings. The van der Waals surface area contributed by atoms with Crippen LogP contribution in [0.4, 0.5) is 0 Å². The Kier molecular flexibility index (Phi) is 2.67. The second-order valence-electron chi connectivity index (χ2n) is 4.33. The van der Waals surface area contributed by atoms with E-state index in [0.717, 1.165) is 29.0 Å². The summed E-state index contributed by atoms with van der Waals surface area (Å²) >= 11 is 3.53. The van der Waals surface area contributed by atoms with E-state index in [2.05, 4.69) is 25.5 Å². The van der Waals surface area contributed by atoms with Gasteiger partial charge in [-0.25, -0.2) is 4.98 Å². The zero-order chi connectivity index (χ0) is 11.8. The lowest BCUT2D eigenvalue weighted by Crippen LogP contribution is -2.10. The summed E-state index contributed by atoms with van der Waals surface area (Å²) in [4.78, 5) is 4.59. The van der Waals surface area contributed by atoms with Crippen molar-refractivity contribution in [2.75, 3.05) is 0 Å². The van der Waals surface area contributed by atoms with Gasteiger partial charge in [-0.3, -0.25) is 0 Å². The number of benzene rings is 1. The Morgan fingerprint density at radius 3 is 2.71 bits per heavy atom. The monoisotopic (exact) mass is 292 g/mol. The van der Waals surface area contributed by atoms with Crippen LogP contribution in [0.5, 0.6) is 5.75 Å². The molecule has 0 bridgehead atoms. The van der Waals surface area contributed by atoms with Crippen LogP contribution in [0.25, 0.3) is 11.4 Å². The highest BCUT2D eigenvalue weighted by Crippen LogP contribution is 2.30. The van der Waals surface area contributed by atoms with Gasteiger partial charge in [-0.1, -0.05) is 0 Å². The molecule has 1 aliphatic heterocycles. The lowest BCUT2D eigenvalue weighted by atomic mass is 10.1. The quantitative estimate of drug-likeness (QED) is 0.875. The zero-order valence-electron chi connectivity index (χ0n) is 9.36. The molecule has 2 heterocycles. The van der Waals surface area contributed by atoms with Crippen LogP contribution in [-0.4, -0.2) is 14.7 Å². The predicted octanol–water partition coefficient (Wildman–Crippen LogP) is 3.35. The fourth-order valence-corrected chi connectivity index (χ4v) is 2.91. The van der Waals surface area contributed by atoms with Crippen molar-refractivity contribution in [2.24, 2.45) is 0 Å². The van der Waals surface area contributed by atoms with E-state index in [1.807, 2.05) is 12.1 Å². The van der Waals surface area contributed by atoms with Gasteiger partial charge in [-0.05, 0) is 59.5 Å². The first-order chi connectivity index (χ1) is 8.25. The molecule has 0 aliphatic carbocycles. The number of imidazole rings is 1. The van der Waals surface area contributed by atoms with Gasteiger partial charge in [-0.15, -0.1) is 0 Å². The molecule has 0 radical (unpaired) electrons. The molecule has 0 spiro atoms. The summed E-state index contributed by atoms with van der Waals surface area (Å²) in [5.74, 6) is 1.28. The number of halogens is 1. The first-order valence-electron chi connectivity index (χ1n) is 5.80. The Hall–Kier alpha value is -1.29. The summed E-state index contributed by atoms with van der Waals surface area (Å²) in [6.07, 6.45) is 3.53. The van der Waals surface area contributed by atoms with Crippen LogP contribution >= 0.6 is 15.9 Å². The highest BCUT2D eigenvalue weighted by Gasteiger charge is 2.19. The molecular weight excluding hydrogens is 280 g/mol. The number of aromatic hydroxyl groups is 1. The lowest BCUT2D eigenvalue weighted by molar-refractivity contribution is 0.475. The number of aromatic nitrogens is 2. The number of phenolic OH excluding ortho intramolecular Hbond substituents is 1. The van der Waals surface area contributed by atoms with Gasteiger partial charge in [0, 0.05) is 12.1 Å². The van der Waals surface area contributed by atoms with Crippen molar-refractivity contribution >= 4 is 15.9 Å². The topological polar surface area (TPSA) is 38.1 Å². The summed E-state index contributed by atoms with van der Waals surface area (Å²) in [5.41, 5.74) is 2.34. The smallest absolute Gasteiger partial charge is 0.141 e. The van der Waals surface area contributed by atoms with Crippen molar-refractivity contribution in [3.05, 3.63) is 34.6 Å². The summed E-state index contributed by atoms with van der Waals surface area (Å²) in [5, 5.41) is 9.31. The molecule has 3 nitrogen and oxygen atoms in total. The minimum atomic E-state index is 0.290. The van der Waals surface area contributed by atoms with Crippen LogP contribution in [0.1, 0.15) is 18.5 Å². The first kappa shape index (κ1) is 10.8. The third kappa shape index (κ3) is 1.86. The van der Waals surface area contributed by atoms with Gasteiger partial charge in [0.2, 0.25) is 0 Å². The van der Waals surface area contributed by atoms with E-state index in [1.54, 1.807) is 12.1 Å². The van der Waals surface area contributed by atoms with Crippen molar-refractivity contribution in [2.45, 2.75) is 25.8 Å². The minimum Gasteiger partial charge on any atom is -0.508 e. The van der Waals surface area contributed by atoms with Gasteiger partial charge in [0.05, 0.1) is 5.69 Å². The van der Waals surface area contributed by atoms with E-state index in [4.69, 9.17) is 0 Å². The van der Waals surface area contributed by atoms with Crippen molar-refractivity contribution < 1.29 is 5.11 Å². The Morgan fingerprint density at radius 1 is 1.18 bits per heavy atom. The Balaban J connectivity index is 2.11. The maximum Gasteiger partial charge on any atom is 0.141 e. The number of fused-ring (bicyclic) bond motifs is 1.